The number of hydrogen-bond donors (Lipinski definition) is 0. The first-order valence-electron chi connectivity index (χ1n) is 11.5. The smallest absolute Gasteiger partial charge is 0.229 e. The Morgan fingerprint density at radius 2 is 1.67 bits per heavy atom. The van der Waals surface area contributed by atoms with E-state index in [-0.39, 0.29) is 39.4 Å². The highest BCUT2D eigenvalue weighted by molar-refractivity contribution is 6.00. The topological polar surface area (TPSA) is 43.9 Å². The van der Waals surface area contributed by atoms with E-state index >= 15 is 0 Å². The Bertz CT molecular complexity index is 1040. The van der Waals surface area contributed by atoms with Crippen LogP contribution in [0.1, 0.15) is 40.3 Å². The van der Waals surface area contributed by atoms with E-state index in [0.29, 0.717) is 42.2 Å². The van der Waals surface area contributed by atoms with Crippen molar-refractivity contribution in [2.24, 2.45) is 11.8 Å². The van der Waals surface area contributed by atoms with Crippen LogP contribution in [0.25, 0.3) is 0 Å². The zero-order valence-corrected chi connectivity index (χ0v) is 19.4. The van der Waals surface area contributed by atoms with Gasteiger partial charge in [0.25, 0.3) is 0 Å². The molecule has 33 heavy (non-hydrogen) atoms. The van der Waals surface area contributed by atoms with Crippen LogP contribution in [0.3, 0.4) is 0 Å². The average Bonchev–Trinajstić information content (AvgIpc) is 3.48. The molecule has 1 aliphatic carbocycles. The number of likely N-dealkylation sites (N-methyl/N-ethyl adjacent to an activating group) is 1. The highest BCUT2D eigenvalue weighted by Crippen LogP contribution is 2.36. The Labute approximate surface area is 198 Å². The zero-order chi connectivity index (χ0) is 23.7. The van der Waals surface area contributed by atoms with E-state index in [4.69, 9.17) is 0 Å². The van der Waals surface area contributed by atoms with Crippen molar-refractivity contribution in [2.45, 2.75) is 31.7 Å². The van der Waals surface area contributed by atoms with Crippen LogP contribution in [-0.4, -0.2) is 56.9 Å². The highest BCUT2D eigenvalue weighted by Gasteiger charge is 2.36. The van der Waals surface area contributed by atoms with Crippen molar-refractivity contribution in [1.82, 2.24) is 4.90 Å². The second kappa shape index (κ2) is 9.59. The van der Waals surface area contributed by atoms with Crippen molar-refractivity contribution in [3.8, 4) is 0 Å². The number of halogens is 2. The third-order valence-corrected chi connectivity index (χ3v) is 7.16. The highest BCUT2D eigenvalue weighted by atomic mass is 19.1. The summed E-state index contributed by atoms with van der Waals surface area (Å²) < 4.78 is 28.1. The monoisotopic (exact) mass is 461 g/mol. The van der Waals surface area contributed by atoms with Gasteiger partial charge in [0.1, 0.15) is 11.6 Å². The number of ketones is 1. The maximum atomic E-state index is 15.0. The Kier molecular flexibility index (Phi) is 6.79. The van der Waals surface area contributed by atoms with E-state index in [9.17, 15) is 18.4 Å². The van der Waals surface area contributed by atoms with Gasteiger partial charge in [-0.15, -0.1) is 0 Å². The summed E-state index contributed by atoms with van der Waals surface area (Å²) in [5.41, 5.74) is 1.55. The molecule has 2 aromatic carbocycles. The second-order valence-electron chi connectivity index (χ2n) is 9.46. The molecule has 4 rings (SSSR count). The number of benzene rings is 2. The predicted molar refractivity (Wildman–Crippen MR) is 132 cm³/mol. The Morgan fingerprint density at radius 1 is 0.970 bits per heavy atom. The van der Waals surface area contributed by atoms with Crippen molar-refractivity contribution in [1.29, 1.82) is 0 Å². The van der Waals surface area contributed by atoms with Gasteiger partial charge in [-0.3, -0.25) is 9.59 Å². The van der Waals surface area contributed by atoms with Crippen molar-refractivity contribution >= 4 is 23.1 Å². The van der Waals surface area contributed by atoms with Gasteiger partial charge in [-0.05, 0) is 82.2 Å². The molecule has 3 unspecified atom stereocenters. The van der Waals surface area contributed by atoms with Gasteiger partial charge < -0.3 is 14.7 Å². The minimum Gasteiger partial charge on any atom is -0.368 e. The number of amides is 1. The largest absolute Gasteiger partial charge is 0.368 e. The summed E-state index contributed by atoms with van der Waals surface area (Å²) in [6.45, 7) is 1.59. The molecule has 1 heterocycles. The van der Waals surface area contributed by atoms with E-state index in [1.807, 2.05) is 19.0 Å². The molecule has 3 atom stereocenters. The van der Waals surface area contributed by atoms with Crippen LogP contribution < -0.4 is 9.80 Å². The van der Waals surface area contributed by atoms with Gasteiger partial charge in [-0.25, -0.2) is 8.78 Å². The quantitative estimate of drug-likeness (QED) is 0.561. The number of anilines is 2. The molecule has 0 spiro atoms. The lowest BCUT2D eigenvalue weighted by molar-refractivity contribution is -0.121. The Morgan fingerprint density at radius 3 is 2.30 bits per heavy atom. The van der Waals surface area contributed by atoms with E-state index in [0.717, 1.165) is 19.5 Å². The first kappa shape index (κ1) is 23.4. The third-order valence-electron chi connectivity index (χ3n) is 7.16. The van der Waals surface area contributed by atoms with Crippen molar-refractivity contribution < 1.29 is 22.6 Å². The molecule has 5 nitrogen and oxygen atoms in total. The lowest BCUT2D eigenvalue weighted by Gasteiger charge is -2.25. The summed E-state index contributed by atoms with van der Waals surface area (Å²) in [6, 6.07) is 10.9. The van der Waals surface area contributed by atoms with E-state index in [1.54, 1.807) is 19.2 Å². The third kappa shape index (κ3) is 4.93. The fraction of sp³-hybridized carbons (Fsp3) is 0.462. The number of Topliss-reactive ketones (excluding diaryl/α,β-unsaturated/α-hetero) is 1. The van der Waals surface area contributed by atoms with Crippen LogP contribution in [0.4, 0.5) is 20.2 Å². The minimum atomic E-state index is -0.381. The van der Waals surface area contributed by atoms with Gasteiger partial charge in [0.05, 0.1) is 5.69 Å². The first-order chi connectivity index (χ1) is 15.7. The van der Waals surface area contributed by atoms with Crippen molar-refractivity contribution in [2.75, 3.05) is 44.0 Å². The predicted octanol–water partition coefficient (Wildman–Crippen LogP) is 5.11. The SMILES string of the molecule is CN(C(=O)C1CCC(C(=O)c2ccc(F)cc2)C1)c1ccc(N2CCC(N(C)C)C2)c(F)c1.[HH].[HH].[HH]. The van der Waals surface area contributed by atoms with Crippen LogP contribution in [0.15, 0.2) is 42.5 Å². The molecule has 0 aromatic heterocycles. The maximum absolute atomic E-state index is 15.0. The molecule has 1 aliphatic heterocycles. The van der Waals surface area contributed by atoms with Gasteiger partial charge >= 0.3 is 0 Å². The molecule has 0 bridgehead atoms. The van der Waals surface area contributed by atoms with E-state index < -0.39 is 0 Å². The average molecular weight is 462 g/mol. The first-order valence-corrected chi connectivity index (χ1v) is 11.5. The van der Waals surface area contributed by atoms with E-state index in [1.165, 1.54) is 35.2 Å². The molecule has 7 heteroatoms. The minimum absolute atomic E-state index is 0. The molecule has 2 fully saturated rings. The summed E-state index contributed by atoms with van der Waals surface area (Å²) in [7, 11) is 5.73. The number of carbonyl (C=O) groups is 2. The van der Waals surface area contributed by atoms with Gasteiger partial charge in [-0.1, -0.05) is 0 Å². The maximum Gasteiger partial charge on any atom is 0.229 e. The van der Waals surface area contributed by atoms with Gasteiger partial charge in [0, 0.05) is 53.5 Å². The second-order valence-corrected chi connectivity index (χ2v) is 9.46. The molecule has 1 saturated heterocycles. The molecular formula is C26H37F2N3O2. The van der Waals surface area contributed by atoms with Crippen LogP contribution in [0, 0.1) is 23.5 Å². The summed E-state index contributed by atoms with van der Waals surface area (Å²) in [5, 5.41) is 0. The van der Waals surface area contributed by atoms with Gasteiger partial charge in [0.2, 0.25) is 5.91 Å². The molecule has 1 amide bonds. The van der Waals surface area contributed by atoms with Crippen molar-refractivity contribution in [3.63, 3.8) is 0 Å². The molecule has 2 aromatic rings. The van der Waals surface area contributed by atoms with Crippen molar-refractivity contribution in [3.05, 3.63) is 59.7 Å². The Balaban J connectivity index is 0.00000216. The number of nitrogens with zero attached hydrogens (tertiary/aromatic N) is 3. The molecule has 2 aliphatic rings. The van der Waals surface area contributed by atoms with Gasteiger partial charge in [-0.2, -0.15) is 0 Å². The van der Waals surface area contributed by atoms with Crippen LogP contribution in [0.5, 0.6) is 0 Å². The number of carbonyl (C=O) groups excluding carboxylic acids is 2. The number of rotatable bonds is 6. The molecule has 0 radical (unpaired) electrons. The summed E-state index contributed by atoms with van der Waals surface area (Å²) in [6.07, 6.45) is 2.68. The molecular weight excluding hydrogens is 424 g/mol. The molecule has 182 valence electrons. The van der Waals surface area contributed by atoms with Gasteiger partial charge in [0.15, 0.2) is 5.78 Å². The zero-order valence-electron chi connectivity index (χ0n) is 19.4. The van der Waals surface area contributed by atoms with Crippen LogP contribution in [-0.2, 0) is 4.79 Å². The van der Waals surface area contributed by atoms with Crippen LogP contribution in [0.2, 0.25) is 0 Å². The molecule has 1 saturated carbocycles. The number of hydrogen-bond acceptors (Lipinski definition) is 4. The fourth-order valence-corrected chi connectivity index (χ4v) is 5.04. The summed E-state index contributed by atoms with van der Waals surface area (Å²) in [5.74, 6) is -1.41. The lowest BCUT2D eigenvalue weighted by atomic mass is 9.95. The molecule has 0 N–H and O–H groups in total. The lowest BCUT2D eigenvalue weighted by Crippen LogP contribution is -2.33. The summed E-state index contributed by atoms with van der Waals surface area (Å²) >= 11 is 0. The normalized spacial score (nSPS) is 22.7. The Hall–Kier alpha value is -2.80. The van der Waals surface area contributed by atoms with Crippen LogP contribution >= 0.6 is 0 Å². The summed E-state index contributed by atoms with van der Waals surface area (Å²) in [4.78, 5) is 31.5. The standard InChI is InChI=1S/C26H31F2N3O2.3H2/c1-29(2)22-12-13-31(16-22)24-11-10-21(15-23(24)28)30(3)26(33)19-5-4-18(14-19)25(32)17-6-8-20(27)9-7-17;;;/h6-11,15,18-19,22H,4-5,12-14,16H2,1-3H3;3*1H. The van der Waals surface area contributed by atoms with E-state index in [2.05, 4.69) is 4.90 Å². The fourth-order valence-electron chi connectivity index (χ4n) is 5.04.